The molecule has 1 fully saturated rings. The van der Waals surface area contributed by atoms with Crippen molar-refractivity contribution in [2.45, 2.75) is 44.9 Å². The van der Waals surface area contributed by atoms with Crippen molar-refractivity contribution in [3.05, 3.63) is 22.4 Å². The number of ether oxygens (including phenoxy) is 1. The van der Waals surface area contributed by atoms with Gasteiger partial charge < -0.3 is 20.5 Å². The molecule has 0 aliphatic heterocycles. The van der Waals surface area contributed by atoms with Gasteiger partial charge in [0.1, 0.15) is 6.10 Å². The third kappa shape index (κ3) is 3.07. The van der Waals surface area contributed by atoms with Gasteiger partial charge in [0.05, 0.1) is 12.1 Å². The van der Waals surface area contributed by atoms with E-state index >= 15 is 0 Å². The molecular weight excluding hydrogens is 288 g/mol. The first-order chi connectivity index (χ1) is 9.80. The van der Waals surface area contributed by atoms with Gasteiger partial charge in [-0.25, -0.2) is 4.79 Å². The van der Waals surface area contributed by atoms with E-state index in [1.165, 1.54) is 11.3 Å². The van der Waals surface area contributed by atoms with E-state index in [0.717, 1.165) is 11.3 Å². The minimum absolute atomic E-state index is 0.0707. The highest BCUT2D eigenvalue weighted by Gasteiger charge is 2.58. The van der Waals surface area contributed by atoms with Crippen molar-refractivity contribution in [3.63, 3.8) is 0 Å². The molecule has 1 aromatic rings. The second-order valence-electron chi connectivity index (χ2n) is 6.30. The number of urea groups is 1. The fourth-order valence-corrected chi connectivity index (χ4v) is 3.41. The molecule has 1 heterocycles. The highest BCUT2D eigenvalue weighted by Crippen LogP contribution is 2.51. The SMILES string of the molecule is CO[C@]1(C)C[C@@H](NC(=O)NC[C@H](O)c2cccs2)C1(C)C. The summed E-state index contributed by atoms with van der Waals surface area (Å²) >= 11 is 1.48. The van der Waals surface area contributed by atoms with E-state index in [1.54, 1.807) is 7.11 Å². The number of aliphatic hydroxyl groups excluding tert-OH is 1. The number of carbonyl (C=O) groups excluding carboxylic acids is 1. The van der Waals surface area contributed by atoms with Crippen LogP contribution in [0.5, 0.6) is 0 Å². The van der Waals surface area contributed by atoms with Crippen molar-refractivity contribution < 1.29 is 14.6 Å². The van der Waals surface area contributed by atoms with E-state index in [2.05, 4.69) is 31.4 Å². The summed E-state index contributed by atoms with van der Waals surface area (Å²) in [5.74, 6) is 0. The van der Waals surface area contributed by atoms with Crippen molar-refractivity contribution in [2.24, 2.45) is 5.41 Å². The molecule has 0 bridgehead atoms. The molecule has 0 unspecified atom stereocenters. The van der Waals surface area contributed by atoms with Crippen LogP contribution >= 0.6 is 11.3 Å². The zero-order chi connectivity index (χ0) is 15.7. The standard InChI is InChI=1S/C15H24N2O3S/c1-14(2)12(8-15(14,3)20-4)17-13(19)16-9-10(18)11-6-5-7-21-11/h5-7,10,12,18H,8-9H2,1-4H3,(H2,16,17,19)/t10-,12+,15+/m0/s1. The summed E-state index contributed by atoms with van der Waals surface area (Å²) < 4.78 is 5.54. The van der Waals surface area contributed by atoms with Crippen LogP contribution in [0.4, 0.5) is 4.79 Å². The second kappa shape index (κ2) is 5.94. The summed E-state index contributed by atoms with van der Waals surface area (Å²) in [5, 5.41) is 17.5. The van der Waals surface area contributed by atoms with Crippen LogP contribution in [0.15, 0.2) is 17.5 Å². The molecule has 1 aromatic heterocycles. The van der Waals surface area contributed by atoms with E-state index in [0.29, 0.717) is 0 Å². The van der Waals surface area contributed by atoms with E-state index in [1.807, 2.05) is 17.5 Å². The number of thiophene rings is 1. The molecule has 0 spiro atoms. The van der Waals surface area contributed by atoms with Crippen LogP contribution in [0.1, 0.15) is 38.2 Å². The van der Waals surface area contributed by atoms with Crippen LogP contribution < -0.4 is 10.6 Å². The Labute approximate surface area is 129 Å². The Morgan fingerprint density at radius 2 is 2.29 bits per heavy atom. The quantitative estimate of drug-likeness (QED) is 0.781. The lowest BCUT2D eigenvalue weighted by Crippen LogP contribution is -2.69. The molecule has 118 valence electrons. The normalized spacial score (nSPS) is 28.5. The highest BCUT2D eigenvalue weighted by molar-refractivity contribution is 7.10. The number of aliphatic hydroxyl groups is 1. The van der Waals surface area contributed by atoms with Crippen molar-refractivity contribution in [3.8, 4) is 0 Å². The molecule has 2 rings (SSSR count). The molecule has 3 atom stereocenters. The van der Waals surface area contributed by atoms with E-state index < -0.39 is 6.10 Å². The first-order valence-electron chi connectivity index (χ1n) is 7.11. The highest BCUT2D eigenvalue weighted by atomic mass is 32.1. The zero-order valence-corrected chi connectivity index (χ0v) is 13.8. The molecule has 0 saturated heterocycles. The Kier molecular flexibility index (Phi) is 4.60. The molecule has 1 saturated carbocycles. The number of hydrogen-bond donors (Lipinski definition) is 3. The molecule has 2 amide bonds. The molecule has 0 radical (unpaired) electrons. The average molecular weight is 312 g/mol. The maximum atomic E-state index is 11.9. The lowest BCUT2D eigenvalue weighted by atomic mass is 9.56. The molecule has 1 aliphatic carbocycles. The van der Waals surface area contributed by atoms with Crippen molar-refractivity contribution in [1.82, 2.24) is 10.6 Å². The molecule has 5 nitrogen and oxygen atoms in total. The van der Waals surface area contributed by atoms with Crippen molar-refractivity contribution in [2.75, 3.05) is 13.7 Å². The van der Waals surface area contributed by atoms with Crippen LogP contribution in [-0.4, -0.2) is 36.4 Å². The van der Waals surface area contributed by atoms with Gasteiger partial charge in [0, 0.05) is 23.4 Å². The number of nitrogens with one attached hydrogen (secondary N) is 2. The summed E-state index contributed by atoms with van der Waals surface area (Å²) in [7, 11) is 1.70. The predicted octanol–water partition coefficient (Wildman–Crippen LogP) is 2.28. The fraction of sp³-hybridized carbons (Fsp3) is 0.667. The summed E-state index contributed by atoms with van der Waals surface area (Å²) in [6, 6.07) is 3.56. The molecular formula is C15H24N2O3S. The Bertz CT molecular complexity index is 489. The summed E-state index contributed by atoms with van der Waals surface area (Å²) in [5.41, 5.74) is -0.327. The van der Waals surface area contributed by atoms with E-state index in [4.69, 9.17) is 4.74 Å². The first-order valence-corrected chi connectivity index (χ1v) is 7.99. The third-order valence-corrected chi connectivity index (χ3v) is 5.88. The van der Waals surface area contributed by atoms with Gasteiger partial charge in [0.15, 0.2) is 0 Å². The molecule has 1 aliphatic rings. The molecule has 3 N–H and O–H groups in total. The fourth-order valence-electron chi connectivity index (χ4n) is 2.70. The summed E-state index contributed by atoms with van der Waals surface area (Å²) in [4.78, 5) is 12.8. The van der Waals surface area contributed by atoms with Crippen molar-refractivity contribution >= 4 is 17.4 Å². The summed E-state index contributed by atoms with van der Waals surface area (Å²) in [6.07, 6.45) is 0.131. The minimum atomic E-state index is -0.658. The third-order valence-electron chi connectivity index (χ3n) is 4.91. The van der Waals surface area contributed by atoms with Crippen molar-refractivity contribution in [1.29, 1.82) is 0 Å². The predicted molar refractivity (Wildman–Crippen MR) is 83.4 cm³/mol. The van der Waals surface area contributed by atoms with Gasteiger partial charge in [0.2, 0.25) is 0 Å². The largest absolute Gasteiger partial charge is 0.386 e. The van der Waals surface area contributed by atoms with Crippen LogP contribution in [0.25, 0.3) is 0 Å². The number of amides is 2. The van der Waals surface area contributed by atoms with Gasteiger partial charge in [-0.3, -0.25) is 0 Å². The topological polar surface area (TPSA) is 70.6 Å². The number of methoxy groups -OCH3 is 1. The Morgan fingerprint density at radius 3 is 2.81 bits per heavy atom. The van der Waals surface area contributed by atoms with Gasteiger partial charge in [-0.2, -0.15) is 0 Å². The van der Waals surface area contributed by atoms with Gasteiger partial charge >= 0.3 is 6.03 Å². The zero-order valence-electron chi connectivity index (χ0n) is 13.0. The van der Waals surface area contributed by atoms with Crippen LogP contribution in [0, 0.1) is 5.41 Å². The van der Waals surface area contributed by atoms with Gasteiger partial charge in [0.25, 0.3) is 0 Å². The number of carbonyl (C=O) groups is 1. The Balaban J connectivity index is 1.79. The molecule has 6 heteroatoms. The number of hydrogen-bond acceptors (Lipinski definition) is 4. The Morgan fingerprint density at radius 1 is 1.57 bits per heavy atom. The first kappa shape index (κ1) is 16.3. The lowest BCUT2D eigenvalue weighted by Gasteiger charge is -2.59. The Hall–Kier alpha value is -1.11. The average Bonchev–Trinajstić information content (AvgIpc) is 2.98. The maximum Gasteiger partial charge on any atom is 0.315 e. The maximum absolute atomic E-state index is 11.9. The van der Waals surface area contributed by atoms with E-state index in [-0.39, 0.29) is 29.6 Å². The molecule has 0 aromatic carbocycles. The van der Waals surface area contributed by atoms with Crippen LogP contribution in [-0.2, 0) is 4.74 Å². The molecule has 21 heavy (non-hydrogen) atoms. The van der Waals surface area contributed by atoms with Crippen LogP contribution in [0.2, 0.25) is 0 Å². The van der Waals surface area contributed by atoms with Crippen LogP contribution in [0.3, 0.4) is 0 Å². The lowest BCUT2D eigenvalue weighted by molar-refractivity contribution is -0.177. The van der Waals surface area contributed by atoms with E-state index in [9.17, 15) is 9.90 Å². The second-order valence-corrected chi connectivity index (χ2v) is 7.28. The summed E-state index contributed by atoms with van der Waals surface area (Å²) in [6.45, 7) is 6.45. The number of rotatable bonds is 5. The van der Waals surface area contributed by atoms with Gasteiger partial charge in [-0.15, -0.1) is 11.3 Å². The smallest absolute Gasteiger partial charge is 0.315 e. The monoisotopic (exact) mass is 312 g/mol. The van der Waals surface area contributed by atoms with Gasteiger partial charge in [-0.1, -0.05) is 19.9 Å². The minimum Gasteiger partial charge on any atom is -0.386 e. The van der Waals surface area contributed by atoms with Gasteiger partial charge in [-0.05, 0) is 24.8 Å².